The standard InChI is InChI=1S/C21H15N5O3S/c22-10-15-2-1-3-19(8-15)30(28,29)18-6-4-14(5-7-18)11-24-21(27)17-9-16-13-25-26-20(16)23-12-17/h1-9,12-13H,11H2,(H,24,27)(H,23,25,26). The lowest BCUT2D eigenvalue weighted by Gasteiger charge is -2.08. The van der Waals surface area contributed by atoms with Gasteiger partial charge in [0.1, 0.15) is 0 Å². The van der Waals surface area contributed by atoms with E-state index in [4.69, 9.17) is 5.26 Å². The van der Waals surface area contributed by atoms with Gasteiger partial charge in [-0.2, -0.15) is 10.4 Å². The molecular formula is C21H15N5O3S. The Morgan fingerprint density at radius 2 is 1.87 bits per heavy atom. The van der Waals surface area contributed by atoms with Crippen LogP contribution in [0.3, 0.4) is 0 Å². The average molecular weight is 417 g/mol. The molecule has 0 aliphatic heterocycles. The van der Waals surface area contributed by atoms with Crippen molar-refractivity contribution >= 4 is 26.8 Å². The largest absolute Gasteiger partial charge is 0.348 e. The Hall–Kier alpha value is -4.03. The number of nitrogens with one attached hydrogen (secondary N) is 2. The molecule has 9 heteroatoms. The monoisotopic (exact) mass is 417 g/mol. The van der Waals surface area contributed by atoms with Crippen LogP contribution in [0.15, 0.2) is 76.8 Å². The van der Waals surface area contributed by atoms with Gasteiger partial charge in [0.15, 0.2) is 5.65 Å². The molecule has 0 saturated carbocycles. The van der Waals surface area contributed by atoms with Crippen LogP contribution in [0.5, 0.6) is 0 Å². The van der Waals surface area contributed by atoms with Gasteiger partial charge in [-0.15, -0.1) is 0 Å². The number of nitriles is 1. The second-order valence-electron chi connectivity index (χ2n) is 6.50. The molecule has 0 aliphatic rings. The van der Waals surface area contributed by atoms with Crippen molar-refractivity contribution < 1.29 is 13.2 Å². The molecule has 0 aliphatic carbocycles. The first kappa shape index (κ1) is 19.3. The fourth-order valence-corrected chi connectivity index (χ4v) is 4.21. The van der Waals surface area contributed by atoms with Crippen LogP contribution in [0.25, 0.3) is 11.0 Å². The first-order valence-corrected chi connectivity index (χ1v) is 10.4. The summed E-state index contributed by atoms with van der Waals surface area (Å²) in [5, 5.41) is 19.1. The minimum atomic E-state index is -3.73. The predicted octanol–water partition coefficient (Wildman–Crippen LogP) is 2.59. The van der Waals surface area contributed by atoms with Crippen molar-refractivity contribution in [2.45, 2.75) is 16.3 Å². The average Bonchev–Trinajstić information content (AvgIpc) is 3.25. The molecular weight excluding hydrogens is 402 g/mol. The van der Waals surface area contributed by atoms with Gasteiger partial charge in [0, 0.05) is 18.1 Å². The Morgan fingerprint density at radius 3 is 2.63 bits per heavy atom. The molecule has 2 heterocycles. The minimum absolute atomic E-state index is 0.0599. The van der Waals surface area contributed by atoms with E-state index >= 15 is 0 Å². The molecule has 0 spiro atoms. The number of amides is 1. The van der Waals surface area contributed by atoms with E-state index < -0.39 is 9.84 Å². The van der Waals surface area contributed by atoms with Gasteiger partial charge in [0.2, 0.25) is 9.84 Å². The molecule has 4 rings (SSSR count). The zero-order chi connectivity index (χ0) is 21.1. The highest BCUT2D eigenvalue weighted by molar-refractivity contribution is 7.91. The number of carbonyl (C=O) groups is 1. The van der Waals surface area contributed by atoms with Crippen molar-refractivity contribution in [1.82, 2.24) is 20.5 Å². The third kappa shape index (κ3) is 3.76. The summed E-state index contributed by atoms with van der Waals surface area (Å²) >= 11 is 0. The normalized spacial score (nSPS) is 11.2. The van der Waals surface area contributed by atoms with Crippen molar-refractivity contribution in [3.63, 3.8) is 0 Å². The minimum Gasteiger partial charge on any atom is -0.348 e. The summed E-state index contributed by atoms with van der Waals surface area (Å²) in [5.74, 6) is -0.296. The number of rotatable bonds is 5. The quantitative estimate of drug-likeness (QED) is 0.514. The van der Waals surface area contributed by atoms with E-state index in [0.29, 0.717) is 11.2 Å². The highest BCUT2D eigenvalue weighted by Crippen LogP contribution is 2.22. The van der Waals surface area contributed by atoms with Crippen LogP contribution in [0.2, 0.25) is 0 Å². The van der Waals surface area contributed by atoms with E-state index in [-0.39, 0.29) is 27.8 Å². The van der Waals surface area contributed by atoms with Crippen molar-refractivity contribution in [3.8, 4) is 6.07 Å². The molecule has 148 valence electrons. The van der Waals surface area contributed by atoms with Crippen LogP contribution in [-0.2, 0) is 16.4 Å². The van der Waals surface area contributed by atoms with E-state index in [9.17, 15) is 13.2 Å². The fourth-order valence-electron chi connectivity index (χ4n) is 2.90. The molecule has 0 saturated heterocycles. The van der Waals surface area contributed by atoms with Crippen molar-refractivity contribution in [3.05, 3.63) is 83.7 Å². The molecule has 8 nitrogen and oxygen atoms in total. The first-order chi connectivity index (χ1) is 14.5. The lowest BCUT2D eigenvalue weighted by Crippen LogP contribution is -2.22. The predicted molar refractivity (Wildman–Crippen MR) is 108 cm³/mol. The number of aromatic amines is 1. The zero-order valence-corrected chi connectivity index (χ0v) is 16.3. The van der Waals surface area contributed by atoms with E-state index in [1.807, 2.05) is 6.07 Å². The van der Waals surface area contributed by atoms with Gasteiger partial charge >= 0.3 is 0 Å². The number of pyridine rings is 1. The van der Waals surface area contributed by atoms with E-state index in [2.05, 4.69) is 20.5 Å². The van der Waals surface area contributed by atoms with Crippen LogP contribution < -0.4 is 5.32 Å². The third-order valence-electron chi connectivity index (χ3n) is 4.51. The van der Waals surface area contributed by atoms with E-state index in [1.54, 1.807) is 30.5 Å². The number of carbonyl (C=O) groups excluding carboxylic acids is 1. The van der Waals surface area contributed by atoms with Gasteiger partial charge in [-0.25, -0.2) is 13.4 Å². The molecule has 0 radical (unpaired) electrons. The highest BCUT2D eigenvalue weighted by Gasteiger charge is 2.18. The summed E-state index contributed by atoms with van der Waals surface area (Å²) in [4.78, 5) is 16.7. The summed E-state index contributed by atoms with van der Waals surface area (Å²) in [7, 11) is -3.73. The van der Waals surface area contributed by atoms with Crippen LogP contribution >= 0.6 is 0 Å². The van der Waals surface area contributed by atoms with Crippen molar-refractivity contribution in [2.24, 2.45) is 0 Å². The zero-order valence-electron chi connectivity index (χ0n) is 15.5. The number of fused-ring (bicyclic) bond motifs is 1. The van der Waals surface area contributed by atoms with Crippen LogP contribution in [-0.4, -0.2) is 29.5 Å². The number of benzene rings is 2. The van der Waals surface area contributed by atoms with Gasteiger partial charge < -0.3 is 5.32 Å². The molecule has 30 heavy (non-hydrogen) atoms. The van der Waals surface area contributed by atoms with Crippen LogP contribution in [0.1, 0.15) is 21.5 Å². The first-order valence-electron chi connectivity index (χ1n) is 8.89. The number of hydrogen-bond acceptors (Lipinski definition) is 6. The Labute approximate surface area is 172 Å². The van der Waals surface area contributed by atoms with Crippen molar-refractivity contribution in [1.29, 1.82) is 5.26 Å². The molecule has 4 aromatic rings. The van der Waals surface area contributed by atoms with Crippen molar-refractivity contribution in [2.75, 3.05) is 0 Å². The van der Waals surface area contributed by atoms with Gasteiger partial charge in [-0.05, 0) is 42.0 Å². The summed E-state index contributed by atoms with van der Waals surface area (Å²) in [6, 6.07) is 15.7. The van der Waals surface area contributed by atoms with Gasteiger partial charge in [-0.1, -0.05) is 18.2 Å². The number of sulfone groups is 1. The fraction of sp³-hybridized carbons (Fsp3) is 0.0476. The number of aromatic nitrogens is 3. The SMILES string of the molecule is N#Cc1cccc(S(=O)(=O)c2ccc(CNC(=O)c3cnc4[nH]ncc4c3)cc2)c1. The maximum atomic E-state index is 12.8. The van der Waals surface area contributed by atoms with Crippen LogP contribution in [0.4, 0.5) is 0 Å². The second kappa shape index (κ2) is 7.77. The van der Waals surface area contributed by atoms with E-state index in [0.717, 1.165) is 10.9 Å². The molecule has 2 N–H and O–H groups in total. The smallest absolute Gasteiger partial charge is 0.253 e. The van der Waals surface area contributed by atoms with E-state index in [1.165, 1.54) is 36.5 Å². The molecule has 0 atom stereocenters. The third-order valence-corrected chi connectivity index (χ3v) is 6.28. The Balaban J connectivity index is 1.46. The maximum Gasteiger partial charge on any atom is 0.253 e. The Kier molecular flexibility index (Phi) is 5.00. The molecule has 0 fully saturated rings. The molecule has 0 unspecified atom stereocenters. The summed E-state index contributed by atoms with van der Waals surface area (Å²) in [6.07, 6.45) is 3.05. The number of H-pyrrole nitrogens is 1. The second-order valence-corrected chi connectivity index (χ2v) is 8.45. The lowest BCUT2D eigenvalue weighted by molar-refractivity contribution is 0.0950. The summed E-state index contributed by atoms with van der Waals surface area (Å²) in [5.41, 5.74) is 2.02. The number of hydrogen-bond donors (Lipinski definition) is 2. The summed E-state index contributed by atoms with van der Waals surface area (Å²) in [6.45, 7) is 0.229. The van der Waals surface area contributed by atoms with Gasteiger partial charge in [-0.3, -0.25) is 9.89 Å². The topological polar surface area (TPSA) is 129 Å². The van der Waals surface area contributed by atoms with Gasteiger partial charge in [0.05, 0.1) is 33.2 Å². The van der Waals surface area contributed by atoms with Gasteiger partial charge in [0.25, 0.3) is 5.91 Å². The Morgan fingerprint density at radius 1 is 1.07 bits per heavy atom. The highest BCUT2D eigenvalue weighted by atomic mass is 32.2. The van der Waals surface area contributed by atoms with Crippen LogP contribution in [0, 0.1) is 11.3 Å². The Bertz CT molecular complexity index is 1390. The summed E-state index contributed by atoms with van der Waals surface area (Å²) < 4.78 is 25.5. The molecule has 2 aromatic heterocycles. The number of nitrogens with zero attached hydrogens (tertiary/aromatic N) is 3. The molecule has 1 amide bonds. The lowest BCUT2D eigenvalue weighted by atomic mass is 10.2. The molecule has 0 bridgehead atoms. The maximum absolute atomic E-state index is 12.8. The molecule has 2 aromatic carbocycles.